The summed E-state index contributed by atoms with van der Waals surface area (Å²) in [4.78, 5) is 0. The zero-order valence-electron chi connectivity index (χ0n) is 5.08. The highest BCUT2D eigenvalue weighted by molar-refractivity contribution is 6.22. The molecule has 0 aromatic rings. The van der Waals surface area contributed by atoms with Gasteiger partial charge in [-0.3, -0.25) is 0 Å². The lowest BCUT2D eigenvalue weighted by atomic mass is 10.2. The number of azo groups is 1. The van der Waals surface area contributed by atoms with Crippen LogP contribution in [0, 0.1) is 0 Å². The van der Waals surface area contributed by atoms with E-state index in [0.29, 0.717) is 0 Å². The van der Waals surface area contributed by atoms with E-state index in [0.717, 1.165) is 5.57 Å². The second kappa shape index (κ2) is 2.45. The molecule has 0 radical (unpaired) electrons. The van der Waals surface area contributed by atoms with Crippen molar-refractivity contribution in [1.82, 2.24) is 0 Å². The molecule has 0 saturated heterocycles. The fourth-order valence-corrected chi connectivity index (χ4v) is 0.732. The molecule has 0 spiro atoms. The minimum Gasteiger partial charge on any atom is -0.305 e. The van der Waals surface area contributed by atoms with Crippen LogP contribution in [0.3, 0.4) is 0 Å². The fraction of sp³-hybridized carbons (Fsp3) is 0.600. The minimum absolute atomic E-state index is 0.292. The van der Waals surface area contributed by atoms with Gasteiger partial charge in [-0.1, -0.05) is 11.6 Å². The van der Waals surface area contributed by atoms with Gasteiger partial charge in [0.2, 0.25) is 0 Å². The van der Waals surface area contributed by atoms with Crippen LogP contribution in [0.25, 0.3) is 0 Å². The first-order chi connectivity index (χ1) is 4.20. The molecule has 1 rings (SSSR count). The average Bonchev–Trinajstić information content (AvgIpc) is 1.80. The van der Waals surface area contributed by atoms with Crippen LogP contribution >= 0.6 is 11.6 Å². The molecule has 50 valence electrons. The van der Waals surface area contributed by atoms with Crippen LogP contribution in [0.4, 0.5) is 0 Å². The van der Waals surface area contributed by atoms with Crippen LogP contribution in [-0.2, 0) is 0 Å². The maximum atomic E-state index is 5.65. The Morgan fingerprint density at radius 1 is 1.67 bits per heavy atom. The summed E-state index contributed by atoms with van der Waals surface area (Å²) in [6.07, 6.45) is 1.50. The van der Waals surface area contributed by atoms with Crippen molar-refractivity contribution in [3.8, 4) is 0 Å². The van der Waals surface area contributed by atoms with E-state index < -0.39 is 0 Å². The summed E-state index contributed by atoms with van der Waals surface area (Å²) >= 11 is 5.65. The van der Waals surface area contributed by atoms with Crippen LogP contribution < -0.4 is 5.73 Å². The highest BCUT2D eigenvalue weighted by Crippen LogP contribution is 2.16. The van der Waals surface area contributed by atoms with Crippen LogP contribution in [-0.4, -0.2) is 11.7 Å². The molecule has 0 bridgehead atoms. The van der Waals surface area contributed by atoms with Crippen LogP contribution in [0.15, 0.2) is 21.9 Å². The van der Waals surface area contributed by atoms with Gasteiger partial charge in [0.15, 0.2) is 5.50 Å². The monoisotopic (exact) mass is 145 g/mol. The Bertz CT molecular complexity index is 164. The van der Waals surface area contributed by atoms with Gasteiger partial charge in [-0.05, 0) is 18.6 Å². The molecule has 9 heavy (non-hydrogen) atoms. The maximum absolute atomic E-state index is 5.65. The quantitative estimate of drug-likeness (QED) is 0.311. The lowest BCUT2D eigenvalue weighted by Gasteiger charge is -2.10. The van der Waals surface area contributed by atoms with Gasteiger partial charge >= 0.3 is 0 Å². The van der Waals surface area contributed by atoms with Crippen LogP contribution in [0.2, 0.25) is 0 Å². The Balaban J connectivity index is 2.70. The van der Waals surface area contributed by atoms with Crippen molar-refractivity contribution in [2.24, 2.45) is 16.0 Å². The second-order valence-electron chi connectivity index (χ2n) is 1.97. The van der Waals surface area contributed by atoms with Gasteiger partial charge in [0.1, 0.15) is 6.17 Å². The first kappa shape index (κ1) is 6.71. The van der Waals surface area contributed by atoms with Crippen LogP contribution in [0.5, 0.6) is 0 Å². The van der Waals surface area contributed by atoms with Gasteiger partial charge < -0.3 is 5.73 Å². The SMILES string of the molecule is CC1=C[C@H](N)N=N[C@H]1Cl. The van der Waals surface area contributed by atoms with Crippen LogP contribution in [0.1, 0.15) is 6.92 Å². The number of halogens is 1. The molecule has 3 nitrogen and oxygen atoms in total. The highest BCUT2D eigenvalue weighted by Gasteiger charge is 2.10. The smallest absolute Gasteiger partial charge is 0.165 e. The van der Waals surface area contributed by atoms with Crippen molar-refractivity contribution in [1.29, 1.82) is 0 Å². The maximum Gasteiger partial charge on any atom is 0.165 e. The third kappa shape index (κ3) is 1.50. The number of hydrogen-bond acceptors (Lipinski definition) is 3. The normalized spacial score (nSPS) is 34.3. The molecule has 1 aliphatic heterocycles. The van der Waals surface area contributed by atoms with Gasteiger partial charge in [0.05, 0.1) is 0 Å². The number of nitrogens with zero attached hydrogens (tertiary/aromatic N) is 2. The van der Waals surface area contributed by atoms with E-state index in [9.17, 15) is 0 Å². The highest BCUT2D eigenvalue weighted by atomic mass is 35.5. The zero-order chi connectivity index (χ0) is 6.85. The lowest BCUT2D eigenvalue weighted by Crippen LogP contribution is -2.18. The Hall–Kier alpha value is -0.410. The number of rotatable bonds is 0. The molecule has 0 saturated carbocycles. The minimum atomic E-state index is -0.301. The van der Waals surface area contributed by atoms with Gasteiger partial charge in [0.25, 0.3) is 0 Å². The van der Waals surface area contributed by atoms with Crippen molar-refractivity contribution >= 4 is 11.6 Å². The lowest BCUT2D eigenvalue weighted by molar-refractivity contribution is 0.718. The summed E-state index contributed by atoms with van der Waals surface area (Å²) in [6, 6.07) is 0. The van der Waals surface area contributed by atoms with Gasteiger partial charge in [-0.2, -0.15) is 10.2 Å². The summed E-state index contributed by atoms with van der Waals surface area (Å²) in [6.45, 7) is 1.88. The predicted molar refractivity (Wildman–Crippen MR) is 36.2 cm³/mol. The first-order valence-corrected chi connectivity index (χ1v) is 3.12. The third-order valence-corrected chi connectivity index (χ3v) is 1.54. The van der Waals surface area contributed by atoms with Gasteiger partial charge in [0, 0.05) is 0 Å². The van der Waals surface area contributed by atoms with E-state index in [-0.39, 0.29) is 11.7 Å². The molecule has 0 unspecified atom stereocenters. The Morgan fingerprint density at radius 2 is 2.33 bits per heavy atom. The molecule has 2 N–H and O–H groups in total. The molecule has 4 heteroatoms. The summed E-state index contributed by atoms with van der Waals surface area (Å²) < 4.78 is 0. The zero-order valence-corrected chi connectivity index (χ0v) is 5.84. The second-order valence-corrected chi connectivity index (χ2v) is 2.38. The summed E-state index contributed by atoms with van der Waals surface area (Å²) in [5.74, 6) is 0. The van der Waals surface area contributed by atoms with E-state index in [1.54, 1.807) is 6.08 Å². The Kier molecular flexibility index (Phi) is 1.83. The largest absolute Gasteiger partial charge is 0.305 e. The van der Waals surface area contributed by atoms with Gasteiger partial charge in [-0.15, -0.1) is 0 Å². The Morgan fingerprint density at radius 3 is 2.78 bits per heavy atom. The number of nitrogens with two attached hydrogens (primary N) is 1. The summed E-state index contributed by atoms with van der Waals surface area (Å²) in [5, 5.41) is 7.34. The average molecular weight is 146 g/mol. The first-order valence-electron chi connectivity index (χ1n) is 2.68. The van der Waals surface area contributed by atoms with Crippen molar-refractivity contribution < 1.29 is 0 Å². The molecular formula is C5H8ClN3. The standard InChI is InChI=1S/C5H8ClN3/c1-3-2-4(7)8-9-5(3)6/h2,4-5H,7H2,1H3/t4-,5-/m1/s1. The summed E-state index contributed by atoms with van der Waals surface area (Å²) in [5.41, 5.74) is 6.06. The van der Waals surface area contributed by atoms with Crippen molar-refractivity contribution in [3.05, 3.63) is 11.6 Å². The Labute approximate surface area is 58.6 Å². The molecular weight excluding hydrogens is 138 g/mol. The molecule has 0 fully saturated rings. The van der Waals surface area contributed by atoms with Crippen molar-refractivity contribution in [2.45, 2.75) is 18.6 Å². The van der Waals surface area contributed by atoms with E-state index in [1.807, 2.05) is 6.92 Å². The molecule has 1 aliphatic rings. The van der Waals surface area contributed by atoms with Crippen molar-refractivity contribution in [3.63, 3.8) is 0 Å². The number of hydrogen-bond donors (Lipinski definition) is 1. The molecule has 1 heterocycles. The van der Waals surface area contributed by atoms with Gasteiger partial charge in [-0.25, -0.2) is 0 Å². The molecule has 0 aliphatic carbocycles. The fourth-order valence-electron chi connectivity index (χ4n) is 0.609. The summed E-state index contributed by atoms with van der Waals surface area (Å²) in [7, 11) is 0. The number of alkyl halides is 1. The third-order valence-electron chi connectivity index (χ3n) is 1.11. The van der Waals surface area contributed by atoms with E-state index in [4.69, 9.17) is 17.3 Å². The van der Waals surface area contributed by atoms with E-state index in [1.165, 1.54) is 0 Å². The van der Waals surface area contributed by atoms with Crippen molar-refractivity contribution in [2.75, 3.05) is 0 Å². The molecule has 0 aromatic heterocycles. The van der Waals surface area contributed by atoms with E-state index >= 15 is 0 Å². The molecule has 0 aromatic carbocycles. The molecule has 2 atom stereocenters. The van der Waals surface area contributed by atoms with E-state index in [2.05, 4.69) is 10.2 Å². The predicted octanol–water partition coefficient (Wildman–Crippen LogP) is 1.25. The topological polar surface area (TPSA) is 50.7 Å². The molecule has 0 amide bonds.